The van der Waals surface area contributed by atoms with Crippen molar-refractivity contribution in [2.75, 3.05) is 18.5 Å². The Bertz CT molecular complexity index is 1250. The molecule has 0 aliphatic heterocycles. The first kappa shape index (κ1) is 26.0. The highest BCUT2D eigenvalue weighted by Crippen LogP contribution is 2.22. The van der Waals surface area contributed by atoms with Gasteiger partial charge in [-0.15, -0.1) is 6.42 Å². The molecule has 0 saturated carbocycles. The molecule has 35 heavy (non-hydrogen) atoms. The molecule has 1 atom stereocenters. The van der Waals surface area contributed by atoms with E-state index in [4.69, 9.17) is 11.2 Å². The van der Waals surface area contributed by atoms with Gasteiger partial charge in [-0.2, -0.15) is 0 Å². The summed E-state index contributed by atoms with van der Waals surface area (Å²) in [4.78, 5) is 40.9. The van der Waals surface area contributed by atoms with Gasteiger partial charge >= 0.3 is 5.97 Å². The van der Waals surface area contributed by atoms with Crippen molar-refractivity contribution in [2.24, 2.45) is 0 Å². The molecule has 0 fully saturated rings. The van der Waals surface area contributed by atoms with Gasteiger partial charge in [-0.25, -0.2) is 4.79 Å². The summed E-state index contributed by atoms with van der Waals surface area (Å²) in [5, 5.41) is 2.91. The minimum Gasteiger partial charge on any atom is -0.459 e. The van der Waals surface area contributed by atoms with Gasteiger partial charge in [0.1, 0.15) is 12.6 Å². The summed E-state index contributed by atoms with van der Waals surface area (Å²) in [6, 6.07) is 20.0. The number of hydrogen-bond donors (Lipinski definition) is 1. The number of halogens is 1. The number of ether oxygens (including phenoxy) is 1. The van der Waals surface area contributed by atoms with Crippen LogP contribution in [0.4, 0.5) is 5.69 Å². The third-order valence-electron chi connectivity index (χ3n) is 5.42. The highest BCUT2D eigenvalue weighted by Gasteiger charge is 2.33. The van der Waals surface area contributed by atoms with Gasteiger partial charge in [-0.05, 0) is 71.8 Å². The fraction of sp³-hybridized carbons (Fsp3) is 0.179. The second kappa shape index (κ2) is 12.2. The van der Waals surface area contributed by atoms with Gasteiger partial charge in [0.2, 0.25) is 0 Å². The lowest BCUT2D eigenvalue weighted by Gasteiger charge is -2.30. The molecule has 0 spiro atoms. The number of rotatable bonds is 8. The highest BCUT2D eigenvalue weighted by molar-refractivity contribution is 14.1. The van der Waals surface area contributed by atoms with Gasteiger partial charge < -0.3 is 15.0 Å². The van der Waals surface area contributed by atoms with Crippen LogP contribution in [0.5, 0.6) is 0 Å². The third-order valence-corrected chi connectivity index (χ3v) is 6.36. The Morgan fingerprint density at radius 2 is 1.60 bits per heavy atom. The molecule has 7 heteroatoms. The van der Waals surface area contributed by atoms with E-state index < -0.39 is 23.8 Å². The minimum absolute atomic E-state index is 0.141. The zero-order valence-electron chi connectivity index (χ0n) is 19.5. The quantitative estimate of drug-likeness (QED) is 0.235. The van der Waals surface area contributed by atoms with Crippen LogP contribution in [0.25, 0.3) is 0 Å². The first-order valence-electron chi connectivity index (χ1n) is 10.9. The maximum Gasteiger partial charge on any atom is 0.338 e. The summed E-state index contributed by atoms with van der Waals surface area (Å²) in [7, 11) is 0. The lowest BCUT2D eigenvalue weighted by atomic mass is 10.1. The Morgan fingerprint density at radius 1 is 0.971 bits per heavy atom. The summed E-state index contributed by atoms with van der Waals surface area (Å²) >= 11 is 2.06. The molecular weight excluding hydrogens is 555 g/mol. The van der Waals surface area contributed by atoms with E-state index in [0.29, 0.717) is 20.4 Å². The SMILES string of the molecule is C#CCN(C(=O)c1ccccc1I)C(COC(=O)c1ccccc1)C(=O)Nc1c(C)cccc1C. The van der Waals surface area contributed by atoms with Crippen LogP contribution in [0.3, 0.4) is 0 Å². The van der Waals surface area contributed by atoms with Crippen molar-refractivity contribution in [3.05, 3.63) is 98.6 Å². The summed E-state index contributed by atoms with van der Waals surface area (Å²) in [6.07, 6.45) is 5.58. The molecule has 0 heterocycles. The second-order valence-electron chi connectivity index (χ2n) is 7.85. The van der Waals surface area contributed by atoms with Crippen molar-refractivity contribution in [2.45, 2.75) is 19.9 Å². The van der Waals surface area contributed by atoms with E-state index in [0.717, 1.165) is 11.1 Å². The van der Waals surface area contributed by atoms with Crippen LogP contribution in [0.2, 0.25) is 0 Å². The molecule has 1 unspecified atom stereocenters. The standard InChI is InChI=1S/C28H25IN2O4/c1-4-17-31(27(33)22-15-8-9-16-23(22)29)24(18-35-28(34)21-13-6-5-7-14-21)26(32)30-25-19(2)11-10-12-20(25)3/h1,5-16,24H,17-18H2,2-3H3,(H,30,32). The van der Waals surface area contributed by atoms with Crippen molar-refractivity contribution in [1.29, 1.82) is 0 Å². The van der Waals surface area contributed by atoms with Crippen LogP contribution >= 0.6 is 22.6 Å². The summed E-state index contributed by atoms with van der Waals surface area (Å²) in [5.74, 6) is 0.935. The first-order chi connectivity index (χ1) is 16.8. The molecule has 178 valence electrons. The molecule has 0 aliphatic carbocycles. The van der Waals surface area contributed by atoms with E-state index in [1.54, 1.807) is 48.5 Å². The van der Waals surface area contributed by atoms with E-state index >= 15 is 0 Å². The predicted octanol–water partition coefficient (Wildman–Crippen LogP) is 4.85. The number of nitrogens with zero attached hydrogens (tertiary/aromatic N) is 1. The zero-order valence-corrected chi connectivity index (χ0v) is 21.6. The van der Waals surface area contributed by atoms with Gasteiger partial charge in [0.05, 0.1) is 17.7 Å². The maximum atomic E-state index is 13.5. The van der Waals surface area contributed by atoms with Gasteiger partial charge in [0, 0.05) is 9.26 Å². The van der Waals surface area contributed by atoms with Crippen LogP contribution in [0.15, 0.2) is 72.8 Å². The van der Waals surface area contributed by atoms with Gasteiger partial charge in [0.15, 0.2) is 0 Å². The Hall–Kier alpha value is -3.64. The summed E-state index contributed by atoms with van der Waals surface area (Å²) in [5.41, 5.74) is 3.12. The Labute approximate surface area is 218 Å². The highest BCUT2D eigenvalue weighted by atomic mass is 127. The number of nitrogens with one attached hydrogen (secondary N) is 1. The molecule has 2 amide bonds. The summed E-state index contributed by atoms with van der Waals surface area (Å²) < 4.78 is 6.20. The van der Waals surface area contributed by atoms with E-state index in [9.17, 15) is 14.4 Å². The molecule has 0 aromatic heterocycles. The minimum atomic E-state index is -1.15. The van der Waals surface area contributed by atoms with E-state index in [2.05, 4.69) is 33.8 Å². The van der Waals surface area contributed by atoms with Crippen LogP contribution in [0.1, 0.15) is 31.8 Å². The van der Waals surface area contributed by atoms with Gasteiger partial charge in [-0.1, -0.05) is 54.5 Å². The number of esters is 1. The number of carbonyl (C=O) groups excluding carboxylic acids is 3. The number of hydrogen-bond acceptors (Lipinski definition) is 4. The first-order valence-corrected chi connectivity index (χ1v) is 12.0. The molecule has 1 N–H and O–H groups in total. The second-order valence-corrected chi connectivity index (χ2v) is 9.02. The molecule has 3 rings (SSSR count). The topological polar surface area (TPSA) is 75.7 Å². The van der Waals surface area contributed by atoms with E-state index in [1.807, 2.05) is 38.1 Å². The number of aryl methyl sites for hydroxylation is 2. The smallest absolute Gasteiger partial charge is 0.338 e. The molecular formula is C28H25IN2O4. The fourth-order valence-corrected chi connectivity index (χ4v) is 4.17. The largest absolute Gasteiger partial charge is 0.459 e. The average Bonchev–Trinajstić information content (AvgIpc) is 2.86. The van der Waals surface area contributed by atoms with Gasteiger partial charge in [-0.3, -0.25) is 9.59 Å². The molecule has 0 saturated heterocycles. The molecule has 3 aromatic rings. The molecule has 0 aliphatic rings. The normalized spacial score (nSPS) is 11.1. The lowest BCUT2D eigenvalue weighted by Crippen LogP contribution is -2.50. The van der Waals surface area contributed by atoms with Crippen LogP contribution < -0.4 is 5.32 Å². The van der Waals surface area contributed by atoms with Crippen molar-refractivity contribution < 1.29 is 19.1 Å². The summed E-state index contributed by atoms with van der Waals surface area (Å²) in [6.45, 7) is 3.26. The molecule has 0 radical (unpaired) electrons. The Morgan fingerprint density at radius 3 is 2.23 bits per heavy atom. The third kappa shape index (κ3) is 6.49. The number of amides is 2. The van der Waals surface area contributed by atoms with E-state index in [1.165, 1.54) is 4.90 Å². The van der Waals surface area contributed by atoms with Crippen molar-refractivity contribution in [3.63, 3.8) is 0 Å². The Balaban J connectivity index is 1.95. The monoisotopic (exact) mass is 580 g/mol. The molecule has 6 nitrogen and oxygen atoms in total. The number of benzene rings is 3. The zero-order chi connectivity index (χ0) is 25.4. The predicted molar refractivity (Wildman–Crippen MR) is 144 cm³/mol. The van der Waals surface area contributed by atoms with Crippen molar-refractivity contribution >= 4 is 46.1 Å². The molecule has 0 bridgehead atoms. The molecule has 3 aromatic carbocycles. The average molecular weight is 580 g/mol. The number of carbonyl (C=O) groups is 3. The number of anilines is 1. The fourth-order valence-electron chi connectivity index (χ4n) is 3.55. The van der Waals surface area contributed by atoms with Crippen molar-refractivity contribution in [1.82, 2.24) is 4.90 Å². The van der Waals surface area contributed by atoms with Crippen molar-refractivity contribution in [3.8, 4) is 12.3 Å². The van der Waals surface area contributed by atoms with Crippen LogP contribution in [0, 0.1) is 29.8 Å². The lowest BCUT2D eigenvalue weighted by molar-refractivity contribution is -0.121. The van der Waals surface area contributed by atoms with Crippen LogP contribution in [-0.2, 0) is 9.53 Å². The van der Waals surface area contributed by atoms with E-state index in [-0.39, 0.29) is 13.2 Å². The Kier molecular flexibility index (Phi) is 9.04. The maximum absolute atomic E-state index is 13.5. The van der Waals surface area contributed by atoms with Crippen LogP contribution in [-0.4, -0.2) is 41.9 Å². The number of terminal acetylenes is 1. The van der Waals surface area contributed by atoms with Gasteiger partial charge in [0.25, 0.3) is 11.8 Å². The number of para-hydroxylation sites is 1.